The molecule has 2 fully saturated rings. The molecule has 3 amide bonds. The second kappa shape index (κ2) is 12.4. The topological polar surface area (TPSA) is 155 Å². The molecule has 11 nitrogen and oxygen atoms in total. The Kier molecular flexibility index (Phi) is 11.1. The number of aliphatic hydroxyl groups is 2. The highest BCUT2D eigenvalue weighted by molar-refractivity contribution is 6.27. The summed E-state index contributed by atoms with van der Waals surface area (Å²) in [6.07, 6.45) is -5.80. The van der Waals surface area contributed by atoms with E-state index >= 15 is 0 Å². The first-order valence-electron chi connectivity index (χ1n) is 11.7. The normalized spacial score (nSPS) is 27.0. The van der Waals surface area contributed by atoms with Gasteiger partial charge in [-0.2, -0.15) is 0 Å². The van der Waals surface area contributed by atoms with Crippen molar-refractivity contribution < 1.29 is 51.6 Å². The van der Waals surface area contributed by atoms with Gasteiger partial charge in [0, 0.05) is 13.1 Å². The number of piperidine rings is 2. The van der Waals surface area contributed by atoms with E-state index in [0.717, 1.165) is 9.80 Å². The van der Waals surface area contributed by atoms with Crippen molar-refractivity contribution >= 4 is 29.7 Å². The van der Waals surface area contributed by atoms with Gasteiger partial charge >= 0.3 is 12.2 Å². The number of halogens is 5. The number of likely N-dealkylation sites (tertiary alicyclic amines) is 2. The van der Waals surface area contributed by atoms with Gasteiger partial charge in [-0.3, -0.25) is 9.69 Å². The van der Waals surface area contributed by atoms with E-state index in [1.54, 1.807) is 41.5 Å². The molecule has 0 aromatic rings. The minimum Gasteiger partial charge on any atom is -0.444 e. The maximum absolute atomic E-state index is 13.8. The van der Waals surface area contributed by atoms with Gasteiger partial charge in [-0.15, -0.1) is 11.6 Å². The number of ether oxygens (including phenoxy) is 2. The van der Waals surface area contributed by atoms with Crippen molar-refractivity contribution in [2.45, 2.75) is 88.9 Å². The second-order valence-electron chi connectivity index (χ2n) is 11.1. The van der Waals surface area contributed by atoms with E-state index in [2.05, 4.69) is 5.32 Å². The van der Waals surface area contributed by atoms with Gasteiger partial charge in [-0.1, -0.05) is 0 Å². The van der Waals surface area contributed by atoms with Gasteiger partial charge in [0.2, 0.25) is 5.91 Å². The SMILES string of the molecule is CC(C)(C)OC(=O)N1CC(N)C(O)C(F)(F)C1.CC(C)(C)OC(=O)N1C[C@@H](NC(=O)CCl)[C@@H](O)C(F)(F)C1. The van der Waals surface area contributed by atoms with Crippen molar-refractivity contribution in [1.29, 1.82) is 0 Å². The molecule has 0 bridgehead atoms. The van der Waals surface area contributed by atoms with Crippen LogP contribution >= 0.6 is 11.6 Å². The predicted octanol–water partition coefficient (Wildman–Crippen LogP) is 1.52. The van der Waals surface area contributed by atoms with Gasteiger partial charge in [0.05, 0.1) is 25.2 Å². The molecule has 2 aliphatic heterocycles. The van der Waals surface area contributed by atoms with Crippen LogP contribution in [0.2, 0.25) is 0 Å². The average Bonchev–Trinajstić information content (AvgIpc) is 2.72. The molecule has 2 saturated heterocycles. The summed E-state index contributed by atoms with van der Waals surface area (Å²) < 4.78 is 64.1. The van der Waals surface area contributed by atoms with E-state index in [4.69, 9.17) is 26.8 Å². The molecule has 2 aliphatic rings. The Morgan fingerprint density at radius 3 is 1.66 bits per heavy atom. The Morgan fingerprint density at radius 1 is 0.895 bits per heavy atom. The Hall–Kier alpha value is -2.10. The third-order valence-electron chi connectivity index (χ3n) is 5.07. The number of alkyl halides is 5. The molecule has 222 valence electrons. The summed E-state index contributed by atoms with van der Waals surface area (Å²) in [5.41, 5.74) is 3.77. The fourth-order valence-corrected chi connectivity index (χ4v) is 3.50. The molecule has 2 unspecified atom stereocenters. The monoisotopic (exact) mass is 580 g/mol. The summed E-state index contributed by atoms with van der Waals surface area (Å²) in [6, 6.07) is -2.49. The number of carbonyl (C=O) groups excluding carboxylic acids is 3. The van der Waals surface area contributed by atoms with Crippen LogP contribution in [0.25, 0.3) is 0 Å². The van der Waals surface area contributed by atoms with Crippen LogP contribution in [-0.2, 0) is 14.3 Å². The smallest absolute Gasteiger partial charge is 0.410 e. The van der Waals surface area contributed by atoms with Crippen LogP contribution in [0.5, 0.6) is 0 Å². The number of nitrogens with zero attached hydrogens (tertiary/aromatic N) is 2. The van der Waals surface area contributed by atoms with Crippen LogP contribution in [-0.4, -0.2) is 118 Å². The van der Waals surface area contributed by atoms with Gasteiger partial charge in [0.1, 0.15) is 29.3 Å². The molecule has 2 heterocycles. The molecule has 0 saturated carbocycles. The number of carbonyl (C=O) groups is 3. The van der Waals surface area contributed by atoms with Crippen molar-refractivity contribution in [2.75, 3.05) is 32.1 Å². The maximum atomic E-state index is 13.8. The minimum absolute atomic E-state index is 0.147. The van der Waals surface area contributed by atoms with Crippen LogP contribution in [0.4, 0.5) is 27.2 Å². The quantitative estimate of drug-likeness (QED) is 0.283. The Balaban J connectivity index is 0.000000389. The molecule has 0 aromatic carbocycles. The van der Waals surface area contributed by atoms with Crippen molar-refractivity contribution in [2.24, 2.45) is 5.73 Å². The van der Waals surface area contributed by atoms with Crippen LogP contribution in [0.15, 0.2) is 0 Å². The lowest BCUT2D eigenvalue weighted by Gasteiger charge is -2.41. The zero-order chi connectivity index (χ0) is 29.9. The lowest BCUT2D eigenvalue weighted by molar-refractivity contribution is -0.162. The number of hydrogen-bond acceptors (Lipinski definition) is 8. The number of nitrogens with one attached hydrogen (secondary N) is 1. The standard InChI is InChI=1S/C12H19ClF2N2O4.C10H18F2N2O3/c1-11(2,3)21-10(20)17-5-7(16-8(18)4-13)9(19)12(14,15)6-17;1-9(2,3)17-8(16)14-4-6(13)7(15)10(11,12)5-14/h7,9,19H,4-6H2,1-3H3,(H,16,18);6-7,15H,4-5,13H2,1-3H3/t7-,9-;/m1./s1. The molecule has 0 aliphatic carbocycles. The van der Waals surface area contributed by atoms with Crippen LogP contribution in [0, 0.1) is 0 Å². The second-order valence-corrected chi connectivity index (χ2v) is 11.4. The summed E-state index contributed by atoms with van der Waals surface area (Å²) in [4.78, 5) is 36.2. The highest BCUT2D eigenvalue weighted by Gasteiger charge is 2.52. The number of amides is 3. The van der Waals surface area contributed by atoms with Crippen molar-refractivity contribution in [3.05, 3.63) is 0 Å². The fourth-order valence-electron chi connectivity index (χ4n) is 3.43. The Bertz CT molecular complexity index is 855. The molecule has 2 rings (SSSR count). The van der Waals surface area contributed by atoms with E-state index in [1.165, 1.54) is 0 Å². The van der Waals surface area contributed by atoms with Crippen LogP contribution < -0.4 is 11.1 Å². The van der Waals surface area contributed by atoms with E-state index in [-0.39, 0.29) is 13.1 Å². The van der Waals surface area contributed by atoms with Gasteiger partial charge in [0.15, 0.2) is 0 Å². The summed E-state index contributed by atoms with van der Waals surface area (Å²) in [6.45, 7) is 7.45. The third-order valence-corrected chi connectivity index (χ3v) is 5.32. The van der Waals surface area contributed by atoms with E-state index in [0.29, 0.717) is 0 Å². The van der Waals surface area contributed by atoms with Crippen molar-refractivity contribution in [3.63, 3.8) is 0 Å². The lowest BCUT2D eigenvalue weighted by Crippen LogP contribution is -2.65. The largest absolute Gasteiger partial charge is 0.444 e. The van der Waals surface area contributed by atoms with Gasteiger partial charge in [0.25, 0.3) is 11.8 Å². The van der Waals surface area contributed by atoms with Crippen molar-refractivity contribution in [3.8, 4) is 0 Å². The fraction of sp³-hybridized carbons (Fsp3) is 0.864. The first-order valence-corrected chi connectivity index (χ1v) is 12.2. The lowest BCUT2D eigenvalue weighted by atomic mass is 9.98. The summed E-state index contributed by atoms with van der Waals surface area (Å²) in [5.74, 6) is -8.10. The number of nitrogens with two attached hydrogens (primary N) is 1. The maximum Gasteiger partial charge on any atom is 0.410 e. The molecule has 0 radical (unpaired) electrons. The Labute approximate surface area is 223 Å². The first-order chi connectivity index (χ1) is 17.0. The molecule has 38 heavy (non-hydrogen) atoms. The summed E-state index contributed by atoms with van der Waals surface area (Å²) in [7, 11) is 0. The van der Waals surface area contributed by atoms with E-state index < -0.39 is 84.4 Å². The molecule has 16 heteroatoms. The predicted molar refractivity (Wildman–Crippen MR) is 128 cm³/mol. The van der Waals surface area contributed by atoms with Crippen LogP contribution in [0.1, 0.15) is 41.5 Å². The molecule has 5 N–H and O–H groups in total. The minimum atomic E-state index is -3.56. The van der Waals surface area contributed by atoms with Crippen molar-refractivity contribution in [1.82, 2.24) is 15.1 Å². The molecular formula is C22H37ClF4N4O7. The molecule has 0 aromatic heterocycles. The first kappa shape index (κ1) is 33.9. The van der Waals surface area contributed by atoms with E-state index in [1.807, 2.05) is 0 Å². The Morgan fingerprint density at radius 2 is 1.29 bits per heavy atom. The average molecular weight is 581 g/mol. The number of rotatable bonds is 2. The zero-order valence-electron chi connectivity index (χ0n) is 22.1. The van der Waals surface area contributed by atoms with Gasteiger partial charge in [-0.25, -0.2) is 27.2 Å². The van der Waals surface area contributed by atoms with E-state index in [9.17, 15) is 42.2 Å². The summed E-state index contributed by atoms with van der Waals surface area (Å²) in [5, 5.41) is 20.9. The summed E-state index contributed by atoms with van der Waals surface area (Å²) >= 11 is 5.29. The molecule has 4 atom stereocenters. The zero-order valence-corrected chi connectivity index (χ0v) is 22.9. The third kappa shape index (κ3) is 10.2. The van der Waals surface area contributed by atoms with Gasteiger partial charge < -0.3 is 35.6 Å². The highest BCUT2D eigenvalue weighted by atomic mass is 35.5. The molecular weight excluding hydrogens is 544 g/mol. The number of aliphatic hydroxyl groups excluding tert-OH is 2. The number of hydrogen-bond donors (Lipinski definition) is 4. The highest BCUT2D eigenvalue weighted by Crippen LogP contribution is 2.29. The molecule has 0 spiro atoms. The van der Waals surface area contributed by atoms with Gasteiger partial charge in [-0.05, 0) is 41.5 Å². The van der Waals surface area contributed by atoms with Crippen LogP contribution in [0.3, 0.4) is 0 Å².